The Morgan fingerprint density at radius 1 is 1.50 bits per heavy atom. The number of hydrogen-bond acceptors (Lipinski definition) is 3. The van der Waals surface area contributed by atoms with E-state index in [0.29, 0.717) is 6.54 Å². The number of carbonyl (C=O) groups is 2. The molecule has 0 radical (unpaired) electrons. The molecule has 0 bridgehead atoms. The minimum atomic E-state index is -0.407. The Balaban J connectivity index is 2.37. The van der Waals surface area contributed by atoms with Gasteiger partial charge in [0, 0.05) is 19.0 Å². The minimum Gasteiger partial charge on any atom is -0.370 e. The van der Waals surface area contributed by atoms with Crippen LogP contribution in [0.1, 0.15) is 26.2 Å². The van der Waals surface area contributed by atoms with Crippen LogP contribution in [0.3, 0.4) is 0 Å². The molecule has 5 heteroatoms. The van der Waals surface area contributed by atoms with Crippen molar-refractivity contribution in [1.82, 2.24) is 5.32 Å². The maximum atomic E-state index is 11.6. The SMILES string of the molecule is CC(CC(N)=O)NC(=O)C1(CN)CC1. The van der Waals surface area contributed by atoms with E-state index in [1.807, 2.05) is 0 Å². The van der Waals surface area contributed by atoms with Crippen molar-refractivity contribution in [2.45, 2.75) is 32.2 Å². The number of rotatable bonds is 5. The van der Waals surface area contributed by atoms with Crippen LogP contribution >= 0.6 is 0 Å². The van der Waals surface area contributed by atoms with Gasteiger partial charge in [0.15, 0.2) is 0 Å². The average Bonchev–Trinajstić information content (AvgIpc) is 2.82. The van der Waals surface area contributed by atoms with Gasteiger partial charge in [0.25, 0.3) is 0 Å². The number of hydrogen-bond donors (Lipinski definition) is 3. The Labute approximate surface area is 83.2 Å². The van der Waals surface area contributed by atoms with Crippen LogP contribution in [-0.2, 0) is 9.59 Å². The number of amides is 2. The first-order valence-corrected chi connectivity index (χ1v) is 4.79. The molecule has 0 aromatic heterocycles. The summed E-state index contributed by atoms with van der Waals surface area (Å²) in [6.45, 7) is 2.14. The number of carbonyl (C=O) groups excluding carboxylic acids is 2. The third kappa shape index (κ3) is 2.45. The Hall–Kier alpha value is -1.10. The van der Waals surface area contributed by atoms with Gasteiger partial charge in [0.2, 0.25) is 11.8 Å². The zero-order chi connectivity index (χ0) is 10.8. The number of nitrogens with one attached hydrogen (secondary N) is 1. The van der Waals surface area contributed by atoms with Gasteiger partial charge in [-0.3, -0.25) is 9.59 Å². The standard InChI is InChI=1S/C9H17N3O2/c1-6(4-7(11)13)12-8(14)9(5-10)2-3-9/h6H,2-5,10H2,1H3,(H2,11,13)(H,12,14). The van der Waals surface area contributed by atoms with Gasteiger partial charge in [-0.1, -0.05) is 0 Å². The van der Waals surface area contributed by atoms with Gasteiger partial charge in [0.05, 0.1) is 5.41 Å². The van der Waals surface area contributed by atoms with Crippen molar-refractivity contribution in [3.63, 3.8) is 0 Å². The zero-order valence-corrected chi connectivity index (χ0v) is 8.38. The molecule has 5 nitrogen and oxygen atoms in total. The van der Waals surface area contributed by atoms with E-state index in [0.717, 1.165) is 12.8 Å². The second-order valence-corrected chi connectivity index (χ2v) is 4.03. The van der Waals surface area contributed by atoms with Gasteiger partial charge >= 0.3 is 0 Å². The van der Waals surface area contributed by atoms with Gasteiger partial charge in [0.1, 0.15) is 0 Å². The summed E-state index contributed by atoms with van der Waals surface area (Å²) in [7, 11) is 0. The maximum absolute atomic E-state index is 11.6. The molecule has 1 fully saturated rings. The summed E-state index contributed by atoms with van der Waals surface area (Å²) in [6.07, 6.45) is 1.86. The molecule has 1 aliphatic carbocycles. The van der Waals surface area contributed by atoms with E-state index in [-0.39, 0.29) is 23.8 Å². The van der Waals surface area contributed by atoms with Gasteiger partial charge in [-0.2, -0.15) is 0 Å². The third-order valence-electron chi connectivity index (χ3n) is 2.61. The van der Waals surface area contributed by atoms with Crippen LogP contribution < -0.4 is 16.8 Å². The van der Waals surface area contributed by atoms with Crippen LogP contribution in [0.25, 0.3) is 0 Å². The molecule has 1 atom stereocenters. The molecule has 0 heterocycles. The van der Waals surface area contributed by atoms with Crippen molar-refractivity contribution in [3.05, 3.63) is 0 Å². The summed E-state index contributed by atoms with van der Waals surface area (Å²) in [5, 5.41) is 2.75. The molecule has 80 valence electrons. The molecule has 0 spiro atoms. The van der Waals surface area contributed by atoms with Crippen LogP contribution in [0.2, 0.25) is 0 Å². The fourth-order valence-electron chi connectivity index (χ4n) is 1.40. The lowest BCUT2D eigenvalue weighted by atomic mass is 10.1. The molecule has 1 saturated carbocycles. The van der Waals surface area contributed by atoms with Crippen LogP contribution in [0.15, 0.2) is 0 Å². The molecule has 1 unspecified atom stereocenters. The Morgan fingerprint density at radius 2 is 2.07 bits per heavy atom. The lowest BCUT2D eigenvalue weighted by molar-refractivity contribution is -0.127. The molecule has 1 rings (SSSR count). The molecular formula is C9H17N3O2. The quantitative estimate of drug-likeness (QED) is 0.535. The van der Waals surface area contributed by atoms with E-state index < -0.39 is 5.91 Å². The summed E-state index contributed by atoms with van der Waals surface area (Å²) in [5.41, 5.74) is 10.2. The fraction of sp³-hybridized carbons (Fsp3) is 0.778. The van der Waals surface area contributed by atoms with Crippen LogP contribution in [0.5, 0.6) is 0 Å². The highest BCUT2D eigenvalue weighted by molar-refractivity contribution is 5.86. The van der Waals surface area contributed by atoms with Gasteiger partial charge in [-0.25, -0.2) is 0 Å². The number of nitrogens with two attached hydrogens (primary N) is 2. The van der Waals surface area contributed by atoms with Gasteiger partial charge in [-0.05, 0) is 19.8 Å². The summed E-state index contributed by atoms with van der Waals surface area (Å²) in [4.78, 5) is 22.2. The van der Waals surface area contributed by atoms with Crippen LogP contribution in [-0.4, -0.2) is 24.4 Å². The minimum absolute atomic E-state index is 0.0475. The van der Waals surface area contributed by atoms with Crippen molar-refractivity contribution >= 4 is 11.8 Å². The largest absolute Gasteiger partial charge is 0.370 e. The molecule has 0 aromatic rings. The topological polar surface area (TPSA) is 98.2 Å². The monoisotopic (exact) mass is 199 g/mol. The van der Waals surface area contributed by atoms with E-state index >= 15 is 0 Å². The van der Waals surface area contributed by atoms with Gasteiger partial charge < -0.3 is 16.8 Å². The molecule has 14 heavy (non-hydrogen) atoms. The zero-order valence-electron chi connectivity index (χ0n) is 8.38. The highest BCUT2D eigenvalue weighted by Gasteiger charge is 2.48. The smallest absolute Gasteiger partial charge is 0.227 e. The predicted molar refractivity (Wildman–Crippen MR) is 52.1 cm³/mol. The summed E-state index contributed by atoms with van der Waals surface area (Å²) < 4.78 is 0. The van der Waals surface area contributed by atoms with Crippen LogP contribution in [0, 0.1) is 5.41 Å². The molecule has 0 saturated heterocycles. The Morgan fingerprint density at radius 3 is 2.43 bits per heavy atom. The lowest BCUT2D eigenvalue weighted by Gasteiger charge is -2.17. The predicted octanol–water partition coefficient (Wildman–Crippen LogP) is -0.895. The first-order chi connectivity index (χ1) is 6.50. The van der Waals surface area contributed by atoms with E-state index in [4.69, 9.17) is 11.5 Å². The van der Waals surface area contributed by atoms with E-state index in [1.165, 1.54) is 0 Å². The van der Waals surface area contributed by atoms with Crippen molar-refractivity contribution in [2.75, 3.05) is 6.54 Å². The summed E-state index contributed by atoms with van der Waals surface area (Å²) >= 11 is 0. The highest BCUT2D eigenvalue weighted by atomic mass is 16.2. The van der Waals surface area contributed by atoms with Crippen molar-refractivity contribution in [1.29, 1.82) is 0 Å². The van der Waals surface area contributed by atoms with E-state index in [9.17, 15) is 9.59 Å². The average molecular weight is 199 g/mol. The maximum Gasteiger partial charge on any atom is 0.227 e. The summed E-state index contributed by atoms with van der Waals surface area (Å²) in [6, 6.07) is -0.205. The second-order valence-electron chi connectivity index (χ2n) is 4.03. The van der Waals surface area contributed by atoms with E-state index in [2.05, 4.69) is 5.32 Å². The van der Waals surface area contributed by atoms with Gasteiger partial charge in [-0.15, -0.1) is 0 Å². The summed E-state index contributed by atoms with van der Waals surface area (Å²) in [5.74, 6) is -0.454. The Kier molecular flexibility index (Phi) is 3.10. The molecule has 1 aliphatic rings. The molecule has 5 N–H and O–H groups in total. The first kappa shape index (κ1) is 11.0. The number of primary amides is 1. The Bertz CT molecular complexity index is 248. The molecule has 0 aliphatic heterocycles. The van der Waals surface area contributed by atoms with Crippen LogP contribution in [0.4, 0.5) is 0 Å². The van der Waals surface area contributed by atoms with Crippen molar-refractivity contribution in [2.24, 2.45) is 16.9 Å². The molecule has 0 aromatic carbocycles. The third-order valence-corrected chi connectivity index (χ3v) is 2.61. The van der Waals surface area contributed by atoms with E-state index in [1.54, 1.807) is 6.92 Å². The first-order valence-electron chi connectivity index (χ1n) is 4.79. The normalized spacial score (nSPS) is 19.9. The molecule has 2 amide bonds. The second kappa shape index (κ2) is 3.96. The van der Waals surface area contributed by atoms with Crippen molar-refractivity contribution in [3.8, 4) is 0 Å². The van der Waals surface area contributed by atoms with Crippen molar-refractivity contribution < 1.29 is 9.59 Å². The highest BCUT2D eigenvalue weighted by Crippen LogP contribution is 2.44. The lowest BCUT2D eigenvalue weighted by Crippen LogP contribution is -2.42. The fourth-order valence-corrected chi connectivity index (χ4v) is 1.40. The molecular weight excluding hydrogens is 182 g/mol.